The van der Waals surface area contributed by atoms with Crippen molar-refractivity contribution in [1.29, 1.82) is 0 Å². The highest BCUT2D eigenvalue weighted by atomic mass is 79.9. The first-order chi connectivity index (χ1) is 9.25. The zero-order valence-electron chi connectivity index (χ0n) is 9.90. The predicted molar refractivity (Wildman–Crippen MR) is 79.6 cm³/mol. The van der Waals surface area contributed by atoms with Crippen molar-refractivity contribution in [1.82, 2.24) is 9.78 Å². The number of benzene rings is 1. The van der Waals surface area contributed by atoms with Gasteiger partial charge in [0.15, 0.2) is 0 Å². The Hall–Kier alpha value is -1.43. The lowest BCUT2D eigenvalue weighted by atomic mass is 10.2. The van der Waals surface area contributed by atoms with Gasteiger partial charge in [0.05, 0.1) is 16.3 Å². The summed E-state index contributed by atoms with van der Waals surface area (Å²) < 4.78 is 2.68. The molecule has 0 amide bonds. The molecule has 0 fully saturated rings. The maximum Gasteiger partial charge on any atom is 0.133 e. The lowest BCUT2D eigenvalue weighted by molar-refractivity contribution is 0.218. The summed E-state index contributed by atoms with van der Waals surface area (Å²) in [5.74, 6) is 0. The van der Waals surface area contributed by atoms with Crippen molar-refractivity contribution in [3.05, 3.63) is 69.1 Å². The van der Waals surface area contributed by atoms with Crippen LogP contribution in [0.4, 0.5) is 0 Å². The van der Waals surface area contributed by atoms with E-state index in [4.69, 9.17) is 0 Å². The molecule has 5 heteroatoms. The quantitative estimate of drug-likeness (QED) is 0.791. The maximum atomic E-state index is 10.3. The van der Waals surface area contributed by atoms with Crippen LogP contribution in [0.15, 0.2) is 58.5 Å². The largest absolute Gasteiger partial charge is 0.381 e. The molecule has 3 rings (SSSR count). The molecule has 3 nitrogen and oxygen atoms in total. The summed E-state index contributed by atoms with van der Waals surface area (Å²) in [5, 5.41) is 16.7. The van der Waals surface area contributed by atoms with Crippen molar-refractivity contribution < 1.29 is 5.11 Å². The van der Waals surface area contributed by atoms with Gasteiger partial charge in [-0.3, -0.25) is 0 Å². The molecule has 2 aromatic heterocycles. The van der Waals surface area contributed by atoms with Crippen molar-refractivity contribution in [3.63, 3.8) is 0 Å². The Bertz CT molecular complexity index is 678. The average molecular weight is 335 g/mol. The van der Waals surface area contributed by atoms with Crippen molar-refractivity contribution in [3.8, 4) is 5.69 Å². The van der Waals surface area contributed by atoms with Gasteiger partial charge >= 0.3 is 0 Å². The number of aromatic nitrogens is 2. The summed E-state index contributed by atoms with van der Waals surface area (Å²) in [6.45, 7) is 0. The van der Waals surface area contributed by atoms with E-state index in [2.05, 4.69) is 21.0 Å². The molecular weight excluding hydrogens is 324 g/mol. The number of rotatable bonds is 3. The molecule has 0 aliphatic carbocycles. The number of aliphatic hydroxyl groups excluding tert-OH is 1. The summed E-state index contributed by atoms with van der Waals surface area (Å²) in [6.07, 6.45) is 1.16. The van der Waals surface area contributed by atoms with Gasteiger partial charge in [0.25, 0.3) is 0 Å². The van der Waals surface area contributed by atoms with Crippen LogP contribution in [0.5, 0.6) is 0 Å². The molecule has 96 valence electrons. The van der Waals surface area contributed by atoms with E-state index in [0.29, 0.717) is 5.69 Å². The first kappa shape index (κ1) is 12.6. The molecule has 0 radical (unpaired) electrons. The summed E-state index contributed by atoms with van der Waals surface area (Å²) >= 11 is 4.94. The molecule has 0 aliphatic rings. The fourth-order valence-corrected chi connectivity index (χ4v) is 3.43. The van der Waals surface area contributed by atoms with Crippen molar-refractivity contribution in [2.45, 2.75) is 6.10 Å². The molecule has 0 spiro atoms. The summed E-state index contributed by atoms with van der Waals surface area (Å²) in [7, 11) is 0. The first-order valence-electron chi connectivity index (χ1n) is 5.77. The minimum atomic E-state index is -0.695. The molecule has 1 aromatic carbocycles. The molecule has 1 atom stereocenters. The molecule has 19 heavy (non-hydrogen) atoms. The van der Waals surface area contributed by atoms with Crippen LogP contribution in [0.2, 0.25) is 0 Å². The first-order valence-corrected chi connectivity index (χ1v) is 7.45. The number of hydrogen-bond acceptors (Lipinski definition) is 3. The Morgan fingerprint density at radius 1 is 1.16 bits per heavy atom. The van der Waals surface area contributed by atoms with Gasteiger partial charge in [0.2, 0.25) is 0 Å². The van der Waals surface area contributed by atoms with E-state index in [1.54, 1.807) is 4.68 Å². The van der Waals surface area contributed by atoms with Crippen molar-refractivity contribution in [2.24, 2.45) is 0 Å². The zero-order valence-corrected chi connectivity index (χ0v) is 12.3. The molecular formula is C14H11BrN2OS. The van der Waals surface area contributed by atoms with Gasteiger partial charge in [0.1, 0.15) is 6.10 Å². The van der Waals surface area contributed by atoms with E-state index in [0.717, 1.165) is 15.0 Å². The molecule has 1 unspecified atom stereocenters. The molecule has 0 saturated carbocycles. The SMILES string of the molecule is OC(c1ccn(-c2ccccc2)n1)c1sccc1Br. The number of aliphatic hydroxyl groups is 1. The highest BCUT2D eigenvalue weighted by Gasteiger charge is 2.17. The van der Waals surface area contributed by atoms with Gasteiger partial charge in [-0.25, -0.2) is 4.68 Å². The van der Waals surface area contributed by atoms with Crippen LogP contribution in [-0.4, -0.2) is 14.9 Å². The standard InChI is InChI=1S/C14H11BrN2OS/c15-11-7-9-19-14(11)13(18)12-6-8-17(16-12)10-4-2-1-3-5-10/h1-9,13,18H. The Labute approximate surface area is 123 Å². The Morgan fingerprint density at radius 3 is 2.63 bits per heavy atom. The number of hydrogen-bond donors (Lipinski definition) is 1. The zero-order chi connectivity index (χ0) is 13.2. The van der Waals surface area contributed by atoms with Gasteiger partial charge in [-0.05, 0) is 45.6 Å². The van der Waals surface area contributed by atoms with Gasteiger partial charge < -0.3 is 5.11 Å². The van der Waals surface area contributed by atoms with Crippen molar-refractivity contribution in [2.75, 3.05) is 0 Å². The molecule has 0 saturated heterocycles. The minimum Gasteiger partial charge on any atom is -0.381 e. The fraction of sp³-hybridized carbons (Fsp3) is 0.0714. The van der Waals surface area contributed by atoms with Crippen LogP contribution < -0.4 is 0 Å². The molecule has 0 bridgehead atoms. The normalized spacial score (nSPS) is 12.5. The number of thiophene rings is 1. The predicted octanol–water partition coefficient (Wildman–Crippen LogP) is 3.78. The summed E-state index contributed by atoms with van der Waals surface area (Å²) in [5.41, 5.74) is 1.62. The highest BCUT2D eigenvalue weighted by Crippen LogP contribution is 2.32. The lowest BCUT2D eigenvalue weighted by Crippen LogP contribution is -2.01. The van der Waals surface area contributed by atoms with E-state index in [1.807, 2.05) is 54.0 Å². The summed E-state index contributed by atoms with van der Waals surface area (Å²) in [6, 6.07) is 13.6. The second-order valence-corrected chi connectivity index (χ2v) is 5.86. The third-order valence-corrected chi connectivity index (χ3v) is 4.73. The van der Waals surface area contributed by atoms with Crippen LogP contribution >= 0.6 is 27.3 Å². The minimum absolute atomic E-state index is 0.645. The Balaban J connectivity index is 1.92. The van der Waals surface area contributed by atoms with Crippen LogP contribution in [0.3, 0.4) is 0 Å². The topological polar surface area (TPSA) is 38.0 Å². The highest BCUT2D eigenvalue weighted by molar-refractivity contribution is 9.10. The monoisotopic (exact) mass is 334 g/mol. The number of para-hydroxylation sites is 1. The molecule has 2 heterocycles. The van der Waals surface area contributed by atoms with Gasteiger partial charge in [-0.15, -0.1) is 11.3 Å². The molecule has 1 N–H and O–H groups in total. The van der Waals surface area contributed by atoms with E-state index in [-0.39, 0.29) is 0 Å². The average Bonchev–Trinajstić information content (AvgIpc) is 3.08. The van der Waals surface area contributed by atoms with Crippen molar-refractivity contribution >= 4 is 27.3 Å². The maximum absolute atomic E-state index is 10.3. The van der Waals surface area contributed by atoms with E-state index < -0.39 is 6.10 Å². The van der Waals surface area contributed by atoms with Gasteiger partial charge in [-0.1, -0.05) is 18.2 Å². The Morgan fingerprint density at radius 2 is 1.95 bits per heavy atom. The number of nitrogens with zero attached hydrogens (tertiary/aromatic N) is 2. The second kappa shape index (κ2) is 5.28. The van der Waals surface area contributed by atoms with Crippen LogP contribution in [-0.2, 0) is 0 Å². The van der Waals surface area contributed by atoms with Crippen LogP contribution in [0, 0.1) is 0 Å². The fourth-order valence-electron chi connectivity index (χ4n) is 1.84. The van der Waals surface area contributed by atoms with Crippen LogP contribution in [0.25, 0.3) is 5.69 Å². The smallest absolute Gasteiger partial charge is 0.133 e. The summed E-state index contributed by atoms with van der Waals surface area (Å²) in [4.78, 5) is 0.873. The molecule has 0 aliphatic heterocycles. The molecule has 3 aromatic rings. The Kier molecular flexibility index (Phi) is 3.50. The van der Waals surface area contributed by atoms with E-state index in [9.17, 15) is 5.11 Å². The number of halogens is 1. The lowest BCUT2D eigenvalue weighted by Gasteiger charge is -2.06. The van der Waals surface area contributed by atoms with E-state index >= 15 is 0 Å². The second-order valence-electron chi connectivity index (χ2n) is 4.06. The van der Waals surface area contributed by atoms with Gasteiger partial charge in [0, 0.05) is 10.7 Å². The van der Waals surface area contributed by atoms with Gasteiger partial charge in [-0.2, -0.15) is 5.10 Å². The van der Waals surface area contributed by atoms with Crippen LogP contribution in [0.1, 0.15) is 16.7 Å². The van der Waals surface area contributed by atoms with E-state index in [1.165, 1.54) is 11.3 Å². The third-order valence-electron chi connectivity index (χ3n) is 2.80. The third kappa shape index (κ3) is 2.49.